The molecule has 6 rings (SSSR count). The van der Waals surface area contributed by atoms with E-state index in [9.17, 15) is 9.59 Å². The van der Waals surface area contributed by atoms with Crippen LogP contribution in [0.2, 0.25) is 0 Å². The zero-order chi connectivity index (χ0) is 34.7. The fourth-order valence-electron chi connectivity index (χ4n) is 7.60. The van der Waals surface area contributed by atoms with Crippen molar-refractivity contribution in [1.82, 2.24) is 9.88 Å². The van der Waals surface area contributed by atoms with E-state index in [2.05, 4.69) is 34.1 Å². The van der Waals surface area contributed by atoms with Gasteiger partial charge in [-0.15, -0.1) is 0 Å². The summed E-state index contributed by atoms with van der Waals surface area (Å²) in [6, 6.07) is 11.7. The van der Waals surface area contributed by atoms with Crippen LogP contribution in [0, 0.1) is 17.8 Å². The number of carbonyl (C=O) groups excluding carboxylic acids is 2. The fourth-order valence-corrected chi connectivity index (χ4v) is 7.60. The number of carbonyl (C=O) groups is 4. The van der Waals surface area contributed by atoms with Gasteiger partial charge in [0.05, 0.1) is 46.0 Å². The van der Waals surface area contributed by atoms with Crippen LogP contribution in [-0.2, 0) is 35.0 Å². The minimum Gasteiger partial charge on any atom is -0.493 e. The molecular weight excluding hydrogens is 628 g/mol. The van der Waals surface area contributed by atoms with Crippen molar-refractivity contribution in [2.75, 3.05) is 48.6 Å². The first-order valence-electron chi connectivity index (χ1n) is 15.5. The minimum absolute atomic E-state index is 0.0112. The Kier molecular flexibility index (Phi) is 10.4. The Morgan fingerprint density at radius 1 is 0.896 bits per heavy atom. The van der Waals surface area contributed by atoms with E-state index in [1.165, 1.54) is 45.1 Å². The standard InChI is InChI=1S/C32H38N2O8.C2H2O4/c1-37-24-12-17(13-25(38-2)29(24)39-3)31(35)42-26-14-18-16-34-11-10-20-19-8-6-7-9-22(19)33-28(20)23(34)15-21(18)27(30(26)40-4)32(36)41-5;3-1(4)2(5)6/h6-9,12-13,18,21,23,26-27,30,33H,10-11,14-16H2,1-5H3;(H,3,4)(H,5,6)/t18-,21+,23-,26-,27+,30+;/m1./s1. The molecule has 2 aliphatic heterocycles. The molecule has 0 amide bonds. The number of esters is 2. The van der Waals surface area contributed by atoms with Gasteiger partial charge in [-0.3, -0.25) is 9.69 Å². The van der Waals surface area contributed by atoms with Crippen LogP contribution in [0.15, 0.2) is 36.4 Å². The van der Waals surface area contributed by atoms with E-state index in [4.69, 9.17) is 48.2 Å². The third-order valence-electron chi connectivity index (χ3n) is 9.64. The maximum atomic E-state index is 13.5. The summed E-state index contributed by atoms with van der Waals surface area (Å²) in [5, 5.41) is 16.1. The average molecular weight is 669 g/mol. The highest BCUT2D eigenvalue weighted by Crippen LogP contribution is 2.50. The first kappa shape index (κ1) is 34.5. The number of aromatic nitrogens is 1. The lowest BCUT2D eigenvalue weighted by atomic mass is 9.63. The number of aliphatic carboxylic acids is 2. The summed E-state index contributed by atoms with van der Waals surface area (Å²) in [7, 11) is 7.45. The number of hydrogen-bond acceptors (Lipinski definition) is 11. The van der Waals surface area contributed by atoms with Gasteiger partial charge in [0.1, 0.15) is 12.2 Å². The molecule has 1 saturated heterocycles. The third kappa shape index (κ3) is 6.49. The Balaban J connectivity index is 0.000000689. The molecule has 2 fully saturated rings. The number of H-pyrrole nitrogens is 1. The van der Waals surface area contributed by atoms with Gasteiger partial charge >= 0.3 is 23.9 Å². The first-order valence-corrected chi connectivity index (χ1v) is 15.5. The van der Waals surface area contributed by atoms with Crippen molar-refractivity contribution >= 4 is 34.8 Å². The van der Waals surface area contributed by atoms with Gasteiger partial charge in [-0.25, -0.2) is 14.4 Å². The molecule has 258 valence electrons. The number of aromatic amines is 1. The summed E-state index contributed by atoms with van der Waals surface area (Å²) in [6.45, 7) is 1.74. The van der Waals surface area contributed by atoms with E-state index in [-0.39, 0.29) is 29.4 Å². The van der Waals surface area contributed by atoms with Crippen molar-refractivity contribution in [1.29, 1.82) is 0 Å². The van der Waals surface area contributed by atoms with Crippen molar-refractivity contribution in [3.05, 3.63) is 53.2 Å². The molecule has 1 aliphatic carbocycles. The molecule has 6 atom stereocenters. The Hall–Kier alpha value is -4.82. The van der Waals surface area contributed by atoms with Gasteiger partial charge in [-0.05, 0) is 54.9 Å². The minimum atomic E-state index is -1.82. The van der Waals surface area contributed by atoms with Crippen molar-refractivity contribution in [3.8, 4) is 17.2 Å². The number of nitrogens with one attached hydrogen (secondary N) is 1. The Bertz CT molecular complexity index is 1650. The fraction of sp³-hybridized carbons (Fsp3) is 0.471. The van der Waals surface area contributed by atoms with Crippen LogP contribution in [0.1, 0.15) is 40.5 Å². The Morgan fingerprint density at radius 2 is 1.56 bits per heavy atom. The number of para-hydroxylation sites is 1. The summed E-state index contributed by atoms with van der Waals surface area (Å²) >= 11 is 0. The molecule has 14 nitrogen and oxygen atoms in total. The molecule has 14 heteroatoms. The molecular formula is C34H40N2O12. The predicted molar refractivity (Wildman–Crippen MR) is 169 cm³/mol. The molecule has 2 aromatic carbocycles. The highest BCUT2D eigenvalue weighted by Gasteiger charge is 2.54. The normalized spacial score (nSPS) is 24.4. The third-order valence-corrected chi connectivity index (χ3v) is 9.64. The molecule has 0 unspecified atom stereocenters. The van der Waals surface area contributed by atoms with E-state index >= 15 is 0 Å². The van der Waals surface area contributed by atoms with Crippen LogP contribution < -0.4 is 14.2 Å². The highest BCUT2D eigenvalue weighted by atomic mass is 16.6. The number of carboxylic acid groups (broad SMARTS) is 2. The van der Waals surface area contributed by atoms with Crippen molar-refractivity contribution in [3.63, 3.8) is 0 Å². The van der Waals surface area contributed by atoms with E-state index in [0.717, 1.165) is 31.4 Å². The van der Waals surface area contributed by atoms with Crippen LogP contribution in [-0.4, -0.2) is 105 Å². The highest BCUT2D eigenvalue weighted by molar-refractivity contribution is 6.27. The average Bonchev–Trinajstić information content (AvgIpc) is 3.48. The molecule has 0 radical (unpaired) electrons. The number of carboxylic acids is 2. The monoisotopic (exact) mass is 668 g/mol. The number of fused-ring (bicyclic) bond motifs is 6. The number of benzene rings is 2. The van der Waals surface area contributed by atoms with Gasteiger partial charge in [0, 0.05) is 36.8 Å². The molecule has 3 aromatic rings. The topological polar surface area (TPSA) is 183 Å². The van der Waals surface area contributed by atoms with Crippen LogP contribution in [0.5, 0.6) is 17.2 Å². The van der Waals surface area contributed by atoms with Crippen LogP contribution in [0.3, 0.4) is 0 Å². The summed E-state index contributed by atoms with van der Waals surface area (Å²) in [6.07, 6.45) is 1.04. The number of piperidine rings is 1. The van der Waals surface area contributed by atoms with Gasteiger partial charge < -0.3 is 43.6 Å². The second-order valence-corrected chi connectivity index (χ2v) is 11.9. The molecule has 1 aromatic heterocycles. The van der Waals surface area contributed by atoms with Crippen LogP contribution in [0.25, 0.3) is 10.9 Å². The zero-order valence-electron chi connectivity index (χ0n) is 27.4. The van der Waals surface area contributed by atoms with Gasteiger partial charge in [0.15, 0.2) is 11.5 Å². The summed E-state index contributed by atoms with van der Waals surface area (Å²) in [5.41, 5.74) is 4.01. The lowest BCUT2D eigenvalue weighted by Crippen LogP contribution is -2.58. The van der Waals surface area contributed by atoms with E-state index in [1.807, 2.05) is 0 Å². The molecule has 1 saturated carbocycles. The second kappa shape index (κ2) is 14.5. The van der Waals surface area contributed by atoms with Gasteiger partial charge in [0.2, 0.25) is 5.75 Å². The summed E-state index contributed by atoms with van der Waals surface area (Å²) in [4.78, 5) is 51.3. The number of hydrogen-bond donors (Lipinski definition) is 3. The number of rotatable bonds is 7. The maximum absolute atomic E-state index is 13.5. The molecule has 3 N–H and O–H groups in total. The number of nitrogens with zero attached hydrogens (tertiary/aromatic N) is 1. The molecule has 0 bridgehead atoms. The van der Waals surface area contributed by atoms with Gasteiger partial charge in [-0.1, -0.05) is 18.2 Å². The zero-order valence-corrected chi connectivity index (χ0v) is 27.4. The largest absolute Gasteiger partial charge is 0.493 e. The lowest BCUT2D eigenvalue weighted by Gasteiger charge is -2.52. The van der Waals surface area contributed by atoms with Crippen molar-refractivity contribution < 1.29 is 57.8 Å². The Morgan fingerprint density at radius 3 is 2.15 bits per heavy atom. The Labute approximate surface area is 276 Å². The summed E-state index contributed by atoms with van der Waals surface area (Å²) in [5.74, 6) is -3.90. The maximum Gasteiger partial charge on any atom is 0.414 e. The first-order chi connectivity index (χ1) is 23.1. The smallest absolute Gasteiger partial charge is 0.414 e. The van der Waals surface area contributed by atoms with E-state index in [1.54, 1.807) is 19.2 Å². The van der Waals surface area contributed by atoms with Crippen LogP contribution in [0.4, 0.5) is 0 Å². The molecule has 0 spiro atoms. The molecule has 3 heterocycles. The molecule has 3 aliphatic rings. The van der Waals surface area contributed by atoms with Gasteiger partial charge in [-0.2, -0.15) is 0 Å². The number of methoxy groups -OCH3 is 5. The lowest BCUT2D eigenvalue weighted by molar-refractivity contribution is -0.176. The van der Waals surface area contributed by atoms with Gasteiger partial charge in [0.25, 0.3) is 0 Å². The van der Waals surface area contributed by atoms with Crippen molar-refractivity contribution in [2.24, 2.45) is 17.8 Å². The van der Waals surface area contributed by atoms with Crippen molar-refractivity contribution in [2.45, 2.75) is 37.5 Å². The molecule has 48 heavy (non-hydrogen) atoms. The predicted octanol–water partition coefficient (Wildman–Crippen LogP) is 3.32. The van der Waals surface area contributed by atoms with E-state index < -0.39 is 36.0 Å². The quantitative estimate of drug-likeness (QED) is 0.246. The van der Waals surface area contributed by atoms with Crippen LogP contribution >= 0.6 is 0 Å². The number of ether oxygens (including phenoxy) is 6. The SMILES string of the molecule is COC(=O)[C@H]1[C@H]2C[C@@H]3c4[nH]c5ccccc5c4CCN3C[C@H]2C[C@@H](OC(=O)c2cc(OC)c(OC)c(OC)c2)[C@@H]1OC.O=C(O)C(=O)O. The second-order valence-electron chi connectivity index (χ2n) is 11.9. The summed E-state index contributed by atoms with van der Waals surface area (Å²) < 4.78 is 33.6. The van der Waals surface area contributed by atoms with E-state index in [0.29, 0.717) is 23.7 Å².